The molecular formula is C20H38. The van der Waals surface area contributed by atoms with Crippen LogP contribution in [-0.2, 0) is 0 Å². The fraction of sp³-hybridized carbons (Fsp3) is 0.900. The summed E-state index contributed by atoms with van der Waals surface area (Å²) < 4.78 is 0. The molecule has 0 heteroatoms. The minimum Gasteiger partial charge on any atom is -0.0744 e. The maximum absolute atomic E-state index is 2.37. The van der Waals surface area contributed by atoms with E-state index in [0.29, 0.717) is 0 Å². The molecule has 20 heavy (non-hydrogen) atoms. The Hall–Kier alpha value is -0.260. The maximum atomic E-state index is 2.37. The first-order chi connectivity index (χ1) is 9.80. The molecular weight excluding hydrogens is 240 g/mol. The van der Waals surface area contributed by atoms with Crippen molar-refractivity contribution in [1.82, 2.24) is 0 Å². The number of hydrogen-bond acceptors (Lipinski definition) is 0. The fourth-order valence-corrected chi connectivity index (χ4v) is 3.33. The van der Waals surface area contributed by atoms with E-state index in [-0.39, 0.29) is 0 Å². The van der Waals surface area contributed by atoms with Gasteiger partial charge < -0.3 is 0 Å². The Morgan fingerprint density at radius 2 is 0.550 bits per heavy atom. The molecule has 0 bridgehead atoms. The van der Waals surface area contributed by atoms with Crippen LogP contribution in [0.3, 0.4) is 0 Å². The molecule has 0 aromatic rings. The van der Waals surface area contributed by atoms with Gasteiger partial charge in [-0.3, -0.25) is 0 Å². The van der Waals surface area contributed by atoms with E-state index in [2.05, 4.69) is 13.8 Å². The van der Waals surface area contributed by atoms with Gasteiger partial charge >= 0.3 is 0 Å². The highest BCUT2D eigenvalue weighted by Crippen LogP contribution is 2.20. The van der Waals surface area contributed by atoms with Gasteiger partial charge in [-0.2, -0.15) is 0 Å². The van der Waals surface area contributed by atoms with Gasteiger partial charge in [0.05, 0.1) is 0 Å². The molecule has 0 aromatic carbocycles. The summed E-state index contributed by atoms with van der Waals surface area (Å²) >= 11 is 0. The number of hydrogen-bond donors (Lipinski definition) is 0. The van der Waals surface area contributed by atoms with Crippen LogP contribution in [0, 0.1) is 0 Å². The number of allylic oxidation sites excluding steroid dienone is 2. The predicted molar refractivity (Wildman–Crippen MR) is 92.2 cm³/mol. The summed E-state index contributed by atoms with van der Waals surface area (Å²) in [5.74, 6) is 0. The van der Waals surface area contributed by atoms with Crippen LogP contribution < -0.4 is 0 Å². The summed E-state index contributed by atoms with van der Waals surface area (Å²) in [6.07, 6.45) is 23.2. The van der Waals surface area contributed by atoms with E-state index in [1.807, 2.05) is 0 Å². The molecule has 0 fully saturated rings. The highest BCUT2D eigenvalue weighted by Gasteiger charge is 2.00. The minimum atomic E-state index is 1.35. The molecule has 0 unspecified atom stereocenters. The lowest BCUT2D eigenvalue weighted by atomic mass is 9.97. The first-order valence-electron chi connectivity index (χ1n) is 9.46. The predicted octanol–water partition coefficient (Wildman–Crippen LogP) is 7.58. The Kier molecular flexibility index (Phi) is 11.1. The largest absolute Gasteiger partial charge is 0.0744 e. The zero-order valence-corrected chi connectivity index (χ0v) is 14.3. The van der Waals surface area contributed by atoms with E-state index in [9.17, 15) is 0 Å². The molecule has 0 radical (unpaired) electrons. The van der Waals surface area contributed by atoms with Crippen LogP contribution in [0.2, 0.25) is 0 Å². The fourth-order valence-electron chi connectivity index (χ4n) is 3.33. The highest BCUT2D eigenvalue weighted by molar-refractivity contribution is 5.09. The minimum absolute atomic E-state index is 1.35. The van der Waals surface area contributed by atoms with Crippen LogP contribution in [0.1, 0.15) is 117 Å². The summed E-state index contributed by atoms with van der Waals surface area (Å²) in [5.41, 5.74) is 3.37. The Morgan fingerprint density at radius 1 is 0.350 bits per heavy atom. The Labute approximate surface area is 128 Å². The van der Waals surface area contributed by atoms with Crippen molar-refractivity contribution in [1.29, 1.82) is 0 Å². The molecule has 0 heterocycles. The van der Waals surface area contributed by atoms with E-state index in [0.717, 1.165) is 0 Å². The van der Waals surface area contributed by atoms with Crippen LogP contribution in [0.5, 0.6) is 0 Å². The summed E-state index contributed by atoms with van der Waals surface area (Å²) in [6, 6.07) is 0. The molecule has 0 nitrogen and oxygen atoms in total. The van der Waals surface area contributed by atoms with Crippen LogP contribution in [-0.4, -0.2) is 0 Å². The van der Waals surface area contributed by atoms with E-state index in [1.165, 1.54) is 103 Å². The van der Waals surface area contributed by atoms with Gasteiger partial charge in [0, 0.05) is 0 Å². The quantitative estimate of drug-likeness (QED) is 0.401. The van der Waals surface area contributed by atoms with Gasteiger partial charge in [0.25, 0.3) is 0 Å². The van der Waals surface area contributed by atoms with Crippen molar-refractivity contribution in [2.45, 2.75) is 117 Å². The first-order valence-corrected chi connectivity index (χ1v) is 9.46. The molecule has 0 saturated heterocycles. The molecule has 118 valence electrons. The zero-order valence-electron chi connectivity index (χ0n) is 14.3. The number of rotatable bonds is 0. The lowest BCUT2D eigenvalue weighted by Crippen LogP contribution is -1.89. The van der Waals surface area contributed by atoms with Crippen LogP contribution in [0.4, 0.5) is 0 Å². The lowest BCUT2D eigenvalue weighted by molar-refractivity contribution is 0.530. The molecule has 0 saturated carbocycles. The van der Waals surface area contributed by atoms with Crippen molar-refractivity contribution in [2.24, 2.45) is 0 Å². The third-order valence-electron chi connectivity index (χ3n) is 5.08. The van der Waals surface area contributed by atoms with Gasteiger partial charge in [-0.1, -0.05) is 88.2 Å². The molecule has 0 aliphatic heterocycles. The molecule has 0 aromatic heterocycles. The van der Waals surface area contributed by atoms with Crippen molar-refractivity contribution in [3.05, 3.63) is 11.1 Å². The summed E-state index contributed by atoms with van der Waals surface area (Å²) in [7, 11) is 0. The van der Waals surface area contributed by atoms with Crippen LogP contribution in [0.25, 0.3) is 0 Å². The summed E-state index contributed by atoms with van der Waals surface area (Å²) in [4.78, 5) is 0. The second-order valence-electron chi connectivity index (χ2n) is 7.01. The third kappa shape index (κ3) is 9.61. The second-order valence-corrected chi connectivity index (χ2v) is 7.01. The standard InChI is InChI=1S/C20H38/c1-19-17-15-13-11-9-7-5-3-4-6-8-10-12-14-16-18-20(19)2/h3-18H2,1-2H3/b20-19+. The molecule has 1 aliphatic carbocycles. The average molecular weight is 279 g/mol. The van der Waals surface area contributed by atoms with Gasteiger partial charge in [-0.25, -0.2) is 0 Å². The van der Waals surface area contributed by atoms with E-state index < -0.39 is 0 Å². The highest BCUT2D eigenvalue weighted by atomic mass is 14.1. The first kappa shape index (κ1) is 17.8. The molecule has 1 rings (SSSR count). The molecule has 0 amide bonds. The summed E-state index contributed by atoms with van der Waals surface area (Å²) in [5, 5.41) is 0. The Balaban J connectivity index is 2.26. The van der Waals surface area contributed by atoms with Crippen molar-refractivity contribution in [3.8, 4) is 0 Å². The third-order valence-corrected chi connectivity index (χ3v) is 5.08. The molecule has 0 spiro atoms. The lowest BCUT2D eigenvalue weighted by Gasteiger charge is -2.09. The van der Waals surface area contributed by atoms with Crippen molar-refractivity contribution >= 4 is 0 Å². The monoisotopic (exact) mass is 278 g/mol. The Morgan fingerprint density at radius 3 is 0.800 bits per heavy atom. The zero-order chi connectivity index (χ0) is 14.5. The van der Waals surface area contributed by atoms with E-state index in [4.69, 9.17) is 0 Å². The van der Waals surface area contributed by atoms with Crippen LogP contribution >= 0.6 is 0 Å². The molecule has 0 atom stereocenters. The van der Waals surface area contributed by atoms with Crippen molar-refractivity contribution in [3.63, 3.8) is 0 Å². The van der Waals surface area contributed by atoms with Gasteiger partial charge in [0.1, 0.15) is 0 Å². The molecule has 0 N–H and O–H groups in total. The van der Waals surface area contributed by atoms with Gasteiger partial charge in [0.15, 0.2) is 0 Å². The van der Waals surface area contributed by atoms with E-state index in [1.54, 1.807) is 11.1 Å². The SMILES string of the molecule is C/C1=C(/C)CCCCCCCCCCCCCCCC1. The van der Waals surface area contributed by atoms with Gasteiger partial charge in [-0.15, -0.1) is 0 Å². The van der Waals surface area contributed by atoms with Crippen LogP contribution in [0.15, 0.2) is 11.1 Å². The molecule has 1 aliphatic rings. The second kappa shape index (κ2) is 12.5. The van der Waals surface area contributed by atoms with E-state index >= 15 is 0 Å². The smallest absolute Gasteiger partial charge is 0.0320 e. The summed E-state index contributed by atoms with van der Waals surface area (Å²) in [6.45, 7) is 4.74. The van der Waals surface area contributed by atoms with Crippen molar-refractivity contribution < 1.29 is 0 Å². The van der Waals surface area contributed by atoms with Crippen molar-refractivity contribution in [2.75, 3.05) is 0 Å². The maximum Gasteiger partial charge on any atom is -0.0320 e. The topological polar surface area (TPSA) is 0 Å². The van der Waals surface area contributed by atoms with Gasteiger partial charge in [-0.05, 0) is 39.5 Å². The normalized spacial score (nSPS) is 26.7. The van der Waals surface area contributed by atoms with Gasteiger partial charge in [0.2, 0.25) is 0 Å². The average Bonchev–Trinajstić information content (AvgIpc) is 2.45. The Bertz CT molecular complexity index is 223.